The van der Waals surface area contributed by atoms with Gasteiger partial charge in [-0.15, -0.1) is 0 Å². The molecule has 29 heavy (non-hydrogen) atoms. The zero-order valence-corrected chi connectivity index (χ0v) is 17.4. The zero-order chi connectivity index (χ0) is 20.2. The molecule has 0 aliphatic heterocycles. The summed E-state index contributed by atoms with van der Waals surface area (Å²) in [6, 6.07) is 20.0. The number of benzene rings is 2. The Morgan fingerprint density at radius 1 is 0.966 bits per heavy atom. The fraction of sp³-hybridized carbons (Fsp3) is 0.273. The minimum Gasteiger partial charge on any atom is -0.368 e. The molecule has 0 spiro atoms. The van der Waals surface area contributed by atoms with Crippen LogP contribution in [0.25, 0.3) is 11.4 Å². The van der Waals surface area contributed by atoms with Crippen molar-refractivity contribution in [3.63, 3.8) is 0 Å². The van der Waals surface area contributed by atoms with E-state index in [1.54, 1.807) is 0 Å². The van der Waals surface area contributed by atoms with Gasteiger partial charge in [0.1, 0.15) is 22.6 Å². The molecular weight excluding hydrogens is 382 g/mol. The van der Waals surface area contributed by atoms with Gasteiger partial charge >= 0.3 is 0 Å². The summed E-state index contributed by atoms with van der Waals surface area (Å²) in [5, 5.41) is 6.69. The van der Waals surface area contributed by atoms with Crippen LogP contribution in [0.2, 0.25) is 0 Å². The highest BCUT2D eigenvalue weighted by Gasteiger charge is 2.23. The van der Waals surface area contributed by atoms with Crippen LogP contribution in [-0.2, 0) is 11.0 Å². The van der Waals surface area contributed by atoms with Crippen molar-refractivity contribution in [1.29, 1.82) is 0 Å². The average Bonchev–Trinajstić information content (AvgIpc) is 3.52. The number of rotatable bonds is 8. The van der Waals surface area contributed by atoms with Crippen LogP contribution in [-0.4, -0.2) is 26.3 Å². The molecule has 0 amide bonds. The molecule has 1 unspecified atom stereocenters. The van der Waals surface area contributed by atoms with Crippen LogP contribution in [0.3, 0.4) is 0 Å². The molecule has 2 aromatic carbocycles. The Labute approximate surface area is 173 Å². The van der Waals surface area contributed by atoms with Gasteiger partial charge in [0.15, 0.2) is 5.82 Å². The second kappa shape index (κ2) is 8.71. The lowest BCUT2D eigenvalue weighted by molar-refractivity contribution is 0.671. The summed E-state index contributed by atoms with van der Waals surface area (Å²) in [7, 11) is -1.20. The average molecular weight is 408 g/mol. The lowest BCUT2D eigenvalue weighted by Gasteiger charge is -2.14. The van der Waals surface area contributed by atoms with E-state index in [0.29, 0.717) is 17.7 Å². The fourth-order valence-electron chi connectivity index (χ4n) is 2.85. The summed E-state index contributed by atoms with van der Waals surface area (Å²) < 4.78 is 15.6. The van der Waals surface area contributed by atoms with Crippen LogP contribution >= 0.6 is 0 Å². The van der Waals surface area contributed by atoms with E-state index in [-0.39, 0.29) is 6.04 Å². The molecular formula is C22H25N5OS. The highest BCUT2D eigenvalue weighted by atomic mass is 32.2. The summed E-state index contributed by atoms with van der Waals surface area (Å²) in [5.74, 6) is 2.08. The first kappa shape index (κ1) is 19.5. The Morgan fingerprint density at radius 2 is 1.72 bits per heavy atom. The third-order valence-electron chi connectivity index (χ3n) is 4.37. The van der Waals surface area contributed by atoms with Crippen molar-refractivity contribution in [1.82, 2.24) is 14.7 Å². The second-order valence-corrected chi connectivity index (χ2v) is 8.69. The molecule has 0 radical (unpaired) electrons. The highest BCUT2D eigenvalue weighted by molar-refractivity contribution is 7.83. The van der Waals surface area contributed by atoms with E-state index in [1.807, 2.05) is 60.7 Å². The molecule has 3 N–H and O–H groups in total. The summed E-state index contributed by atoms with van der Waals surface area (Å²) in [6.45, 7) is 4.14. The number of anilines is 3. The molecule has 1 heterocycles. The molecule has 1 saturated carbocycles. The summed E-state index contributed by atoms with van der Waals surface area (Å²) >= 11 is 0. The monoisotopic (exact) mass is 407 g/mol. The summed E-state index contributed by atoms with van der Waals surface area (Å²) in [6.07, 6.45) is 2.19. The fourth-order valence-corrected chi connectivity index (χ4v) is 3.97. The smallest absolute Gasteiger partial charge is 0.163 e. The van der Waals surface area contributed by atoms with Gasteiger partial charge in [-0.2, -0.15) is 0 Å². The molecule has 7 heteroatoms. The van der Waals surface area contributed by atoms with Crippen molar-refractivity contribution in [2.75, 3.05) is 10.6 Å². The van der Waals surface area contributed by atoms with Crippen molar-refractivity contribution in [2.24, 2.45) is 0 Å². The first-order valence-electron chi connectivity index (χ1n) is 9.83. The minimum absolute atomic E-state index is 0.251. The van der Waals surface area contributed by atoms with Gasteiger partial charge in [0.05, 0.1) is 4.90 Å². The third kappa shape index (κ3) is 5.40. The van der Waals surface area contributed by atoms with Crippen LogP contribution in [0.5, 0.6) is 0 Å². The second-order valence-electron chi connectivity index (χ2n) is 7.44. The predicted molar refractivity (Wildman–Crippen MR) is 119 cm³/mol. The number of nitrogens with one attached hydrogen (secondary N) is 3. The van der Waals surface area contributed by atoms with E-state index in [9.17, 15) is 4.21 Å². The third-order valence-corrected chi connectivity index (χ3v) is 5.60. The van der Waals surface area contributed by atoms with Gasteiger partial charge in [-0.3, -0.25) is 0 Å². The first-order chi connectivity index (χ1) is 14.1. The Bertz CT molecular complexity index is 1010. The van der Waals surface area contributed by atoms with Crippen LogP contribution < -0.4 is 15.4 Å². The van der Waals surface area contributed by atoms with Gasteiger partial charge in [-0.25, -0.2) is 18.9 Å². The first-order valence-corrected chi connectivity index (χ1v) is 11.0. The summed E-state index contributed by atoms with van der Waals surface area (Å²) in [4.78, 5) is 10.1. The van der Waals surface area contributed by atoms with Crippen molar-refractivity contribution in [3.05, 3.63) is 60.7 Å². The number of nitrogens with zero attached hydrogens (tertiary/aromatic N) is 2. The largest absolute Gasteiger partial charge is 0.368 e. The molecule has 1 aromatic heterocycles. The van der Waals surface area contributed by atoms with E-state index >= 15 is 0 Å². The summed E-state index contributed by atoms with van der Waals surface area (Å²) in [5.41, 5.74) is 1.79. The van der Waals surface area contributed by atoms with Crippen LogP contribution in [0.15, 0.2) is 65.6 Å². The Morgan fingerprint density at radius 3 is 2.45 bits per heavy atom. The van der Waals surface area contributed by atoms with E-state index < -0.39 is 11.0 Å². The van der Waals surface area contributed by atoms with Gasteiger partial charge < -0.3 is 10.6 Å². The van der Waals surface area contributed by atoms with Crippen LogP contribution in [0.4, 0.5) is 17.3 Å². The molecule has 1 atom stereocenters. The van der Waals surface area contributed by atoms with E-state index in [2.05, 4.69) is 39.2 Å². The molecule has 1 aliphatic rings. The van der Waals surface area contributed by atoms with Gasteiger partial charge in [0.25, 0.3) is 0 Å². The molecule has 0 bridgehead atoms. The Kier molecular flexibility index (Phi) is 5.87. The Balaban J connectivity index is 1.61. The molecule has 3 aromatic rings. The molecule has 150 valence electrons. The van der Waals surface area contributed by atoms with Gasteiger partial charge in [-0.1, -0.05) is 36.4 Å². The van der Waals surface area contributed by atoms with Gasteiger partial charge in [-0.05, 0) is 44.9 Å². The highest BCUT2D eigenvalue weighted by Crippen LogP contribution is 2.25. The topological polar surface area (TPSA) is 78.9 Å². The number of aromatic nitrogens is 2. The van der Waals surface area contributed by atoms with Crippen molar-refractivity contribution >= 4 is 28.3 Å². The lowest BCUT2D eigenvalue weighted by atomic mass is 10.2. The maximum absolute atomic E-state index is 12.5. The van der Waals surface area contributed by atoms with Gasteiger partial charge in [0, 0.05) is 29.4 Å². The standard InChI is InChI=1S/C22H25N5OS/c1-15(2)23-20-14-21(26-22(25-20)16-7-4-3-5-8-16)24-18-9-6-10-19(13-18)29(28)27-17-11-12-17/h3-10,13-15,17,27H,11-12H2,1-2H3,(H2,23,24,25,26). The van der Waals surface area contributed by atoms with E-state index in [1.165, 1.54) is 0 Å². The van der Waals surface area contributed by atoms with Crippen molar-refractivity contribution < 1.29 is 4.21 Å². The van der Waals surface area contributed by atoms with Crippen molar-refractivity contribution in [3.8, 4) is 11.4 Å². The lowest BCUT2D eigenvalue weighted by Crippen LogP contribution is -2.19. The Hall–Kier alpha value is -2.77. The molecule has 1 aliphatic carbocycles. The van der Waals surface area contributed by atoms with Crippen LogP contribution in [0, 0.1) is 0 Å². The number of hydrogen-bond donors (Lipinski definition) is 3. The van der Waals surface area contributed by atoms with Gasteiger partial charge in [0.2, 0.25) is 0 Å². The quantitative estimate of drug-likeness (QED) is 0.513. The maximum atomic E-state index is 12.5. The zero-order valence-electron chi connectivity index (χ0n) is 16.6. The van der Waals surface area contributed by atoms with Crippen molar-refractivity contribution in [2.45, 2.75) is 43.7 Å². The maximum Gasteiger partial charge on any atom is 0.163 e. The van der Waals surface area contributed by atoms with Crippen LogP contribution in [0.1, 0.15) is 26.7 Å². The molecule has 4 rings (SSSR count). The molecule has 0 saturated heterocycles. The minimum atomic E-state index is -1.20. The number of hydrogen-bond acceptors (Lipinski definition) is 5. The SMILES string of the molecule is CC(C)Nc1cc(Nc2cccc(S(=O)NC3CC3)c2)nc(-c2ccccc2)n1. The molecule has 1 fully saturated rings. The van der Waals surface area contributed by atoms with E-state index in [4.69, 9.17) is 0 Å². The normalized spacial score (nSPS) is 14.6. The molecule has 6 nitrogen and oxygen atoms in total. The predicted octanol–water partition coefficient (Wildman–Crippen LogP) is 4.48. The van der Waals surface area contributed by atoms with E-state index in [0.717, 1.165) is 34.8 Å².